The lowest BCUT2D eigenvalue weighted by Gasteiger charge is -2.15. The van der Waals surface area contributed by atoms with Crippen LogP contribution in [0.25, 0.3) is 11.4 Å². The van der Waals surface area contributed by atoms with E-state index in [2.05, 4.69) is 31.2 Å². The first kappa shape index (κ1) is 24.5. The quantitative estimate of drug-likeness (QED) is 0.173. The molecule has 0 aliphatic heterocycles. The zero-order chi connectivity index (χ0) is 24.1. The number of nitrogens with zero attached hydrogens (tertiary/aromatic N) is 3. The van der Waals surface area contributed by atoms with Gasteiger partial charge in [-0.25, -0.2) is 5.10 Å². The van der Waals surface area contributed by atoms with E-state index in [1.54, 1.807) is 23.0 Å². The predicted molar refractivity (Wildman–Crippen MR) is 142 cm³/mol. The minimum Gasteiger partial charge on any atom is -0.490 e. The topological polar surface area (TPSA) is 64.4 Å². The third-order valence-electron chi connectivity index (χ3n) is 4.70. The number of rotatable bonds is 8. The summed E-state index contributed by atoms with van der Waals surface area (Å²) < 4.78 is 14.6. The highest BCUT2D eigenvalue weighted by Crippen LogP contribution is 2.37. The van der Waals surface area contributed by atoms with Gasteiger partial charge in [-0.3, -0.25) is 0 Å². The molecule has 34 heavy (non-hydrogen) atoms. The van der Waals surface area contributed by atoms with Crippen molar-refractivity contribution >= 4 is 57.6 Å². The molecule has 4 rings (SSSR count). The summed E-state index contributed by atoms with van der Waals surface area (Å²) >= 11 is 21.1. The van der Waals surface area contributed by atoms with Crippen molar-refractivity contribution in [2.75, 3.05) is 6.61 Å². The molecule has 0 spiro atoms. The first-order chi connectivity index (χ1) is 16.5. The van der Waals surface area contributed by atoms with E-state index in [-0.39, 0.29) is 0 Å². The van der Waals surface area contributed by atoms with Gasteiger partial charge in [-0.05, 0) is 70.5 Å². The molecule has 0 saturated heterocycles. The Morgan fingerprint density at radius 3 is 2.62 bits per heavy atom. The van der Waals surface area contributed by atoms with Gasteiger partial charge in [-0.1, -0.05) is 59.6 Å². The van der Waals surface area contributed by atoms with Crippen LogP contribution < -0.4 is 9.47 Å². The standard InChI is InChI=1S/C24H19BrCl2N4O2S/c1-2-32-21-12-16(10-18(25)22(21)33-14-15-8-9-19(26)20(27)11-15)13-28-31-23(29-30-24(31)34)17-6-4-3-5-7-17/h3-13H,2,14H2,1H3,(H,30,34)/b28-13-. The highest BCUT2D eigenvalue weighted by Gasteiger charge is 2.13. The number of hydrogen-bond acceptors (Lipinski definition) is 5. The molecule has 1 heterocycles. The van der Waals surface area contributed by atoms with Gasteiger partial charge >= 0.3 is 0 Å². The van der Waals surface area contributed by atoms with Crippen LogP contribution in [0, 0.1) is 4.77 Å². The third kappa shape index (κ3) is 5.70. The van der Waals surface area contributed by atoms with E-state index in [1.807, 2.05) is 55.5 Å². The average Bonchev–Trinajstić information content (AvgIpc) is 3.20. The molecule has 0 aliphatic rings. The van der Waals surface area contributed by atoms with Gasteiger partial charge in [0.2, 0.25) is 4.77 Å². The molecule has 0 bridgehead atoms. The Labute approximate surface area is 220 Å². The van der Waals surface area contributed by atoms with Crippen LogP contribution in [0.5, 0.6) is 11.5 Å². The molecule has 1 aromatic heterocycles. The summed E-state index contributed by atoms with van der Waals surface area (Å²) in [5.74, 6) is 1.78. The first-order valence-electron chi connectivity index (χ1n) is 10.3. The van der Waals surface area contributed by atoms with Crippen LogP contribution >= 0.6 is 51.3 Å². The lowest BCUT2D eigenvalue weighted by Crippen LogP contribution is -2.02. The summed E-state index contributed by atoms with van der Waals surface area (Å²) in [4.78, 5) is 0. The second-order valence-corrected chi connectivity index (χ2v) is 9.13. The van der Waals surface area contributed by atoms with E-state index < -0.39 is 0 Å². The summed E-state index contributed by atoms with van der Waals surface area (Å²) in [6, 6.07) is 18.8. The van der Waals surface area contributed by atoms with Crippen LogP contribution in [-0.4, -0.2) is 27.7 Å². The van der Waals surface area contributed by atoms with E-state index in [9.17, 15) is 0 Å². The van der Waals surface area contributed by atoms with Crippen LogP contribution in [0.1, 0.15) is 18.1 Å². The third-order valence-corrected chi connectivity index (χ3v) is 6.30. The highest BCUT2D eigenvalue weighted by molar-refractivity contribution is 9.10. The van der Waals surface area contributed by atoms with Gasteiger partial charge in [0.05, 0.1) is 27.3 Å². The molecule has 0 saturated carbocycles. The molecule has 174 valence electrons. The van der Waals surface area contributed by atoms with Gasteiger partial charge in [0.25, 0.3) is 0 Å². The lowest BCUT2D eigenvalue weighted by molar-refractivity contribution is 0.267. The molecule has 10 heteroatoms. The van der Waals surface area contributed by atoms with Crippen molar-refractivity contribution in [3.05, 3.63) is 91.1 Å². The van der Waals surface area contributed by atoms with Crippen LogP contribution in [0.15, 0.2) is 70.2 Å². The molecule has 0 aliphatic carbocycles. The van der Waals surface area contributed by atoms with Crippen LogP contribution in [0.3, 0.4) is 0 Å². The summed E-state index contributed by atoms with van der Waals surface area (Å²) in [6.45, 7) is 2.68. The Morgan fingerprint density at radius 1 is 1.09 bits per heavy atom. The van der Waals surface area contributed by atoms with Crippen molar-refractivity contribution in [2.24, 2.45) is 5.10 Å². The van der Waals surface area contributed by atoms with E-state index >= 15 is 0 Å². The number of aromatic amines is 1. The maximum atomic E-state index is 6.11. The number of halogens is 3. The van der Waals surface area contributed by atoms with E-state index in [0.717, 1.165) is 21.2 Å². The van der Waals surface area contributed by atoms with Crippen LogP contribution in [0.2, 0.25) is 10.0 Å². The number of aromatic nitrogens is 3. The highest BCUT2D eigenvalue weighted by atomic mass is 79.9. The Hall–Kier alpha value is -2.65. The van der Waals surface area contributed by atoms with Gasteiger partial charge in [0, 0.05) is 5.56 Å². The molecule has 0 amide bonds. The van der Waals surface area contributed by atoms with Crippen molar-refractivity contribution < 1.29 is 9.47 Å². The smallest absolute Gasteiger partial charge is 0.216 e. The minimum atomic E-state index is 0.299. The van der Waals surface area contributed by atoms with Crippen molar-refractivity contribution in [3.8, 4) is 22.9 Å². The Balaban J connectivity index is 1.61. The van der Waals surface area contributed by atoms with Crippen LogP contribution in [-0.2, 0) is 6.61 Å². The van der Waals surface area contributed by atoms with Gasteiger partial charge in [0.1, 0.15) is 6.61 Å². The van der Waals surface area contributed by atoms with Gasteiger partial charge in [-0.2, -0.15) is 14.9 Å². The first-order valence-corrected chi connectivity index (χ1v) is 12.2. The fourth-order valence-electron chi connectivity index (χ4n) is 3.15. The Morgan fingerprint density at radius 2 is 1.88 bits per heavy atom. The molecule has 0 atom stereocenters. The second kappa shape index (κ2) is 11.2. The molecular weight excluding hydrogens is 559 g/mol. The molecule has 0 fully saturated rings. The average molecular weight is 578 g/mol. The van der Waals surface area contributed by atoms with E-state index in [0.29, 0.717) is 45.4 Å². The van der Waals surface area contributed by atoms with Crippen molar-refractivity contribution in [1.82, 2.24) is 14.9 Å². The monoisotopic (exact) mass is 576 g/mol. The molecule has 6 nitrogen and oxygen atoms in total. The van der Waals surface area contributed by atoms with Crippen molar-refractivity contribution in [3.63, 3.8) is 0 Å². The fourth-order valence-corrected chi connectivity index (χ4v) is 4.22. The Bertz CT molecular complexity index is 1390. The zero-order valence-electron chi connectivity index (χ0n) is 18.0. The Kier molecular flexibility index (Phi) is 8.05. The second-order valence-electron chi connectivity index (χ2n) is 7.07. The molecule has 4 aromatic rings. The number of H-pyrrole nitrogens is 1. The minimum absolute atomic E-state index is 0.299. The summed E-state index contributed by atoms with van der Waals surface area (Å²) in [5.41, 5.74) is 2.57. The summed E-state index contributed by atoms with van der Waals surface area (Å²) in [6.07, 6.45) is 1.69. The number of hydrogen-bond donors (Lipinski definition) is 1. The molecule has 1 N–H and O–H groups in total. The maximum Gasteiger partial charge on any atom is 0.216 e. The normalized spacial score (nSPS) is 11.2. The van der Waals surface area contributed by atoms with Crippen molar-refractivity contribution in [2.45, 2.75) is 13.5 Å². The molecule has 3 aromatic carbocycles. The number of benzene rings is 3. The molecule has 0 radical (unpaired) electrons. The van der Waals surface area contributed by atoms with E-state index in [1.165, 1.54) is 0 Å². The van der Waals surface area contributed by atoms with Crippen molar-refractivity contribution in [1.29, 1.82) is 0 Å². The van der Waals surface area contributed by atoms with Gasteiger partial charge < -0.3 is 9.47 Å². The zero-order valence-corrected chi connectivity index (χ0v) is 21.9. The lowest BCUT2D eigenvalue weighted by atomic mass is 10.2. The SMILES string of the molecule is CCOc1cc(/C=N\n2c(-c3ccccc3)n[nH]c2=S)cc(Br)c1OCc1ccc(Cl)c(Cl)c1. The largest absolute Gasteiger partial charge is 0.490 e. The van der Waals surface area contributed by atoms with E-state index in [4.69, 9.17) is 44.9 Å². The molecule has 0 unspecified atom stereocenters. The number of nitrogens with one attached hydrogen (secondary N) is 1. The maximum absolute atomic E-state index is 6.11. The van der Waals surface area contributed by atoms with Gasteiger partial charge in [0.15, 0.2) is 17.3 Å². The summed E-state index contributed by atoms with van der Waals surface area (Å²) in [7, 11) is 0. The fraction of sp³-hybridized carbons (Fsp3) is 0.125. The predicted octanol–water partition coefficient (Wildman–Crippen LogP) is 7.54. The van der Waals surface area contributed by atoms with Crippen LogP contribution in [0.4, 0.5) is 0 Å². The van der Waals surface area contributed by atoms with Gasteiger partial charge in [-0.15, -0.1) is 0 Å². The number of ether oxygens (including phenoxy) is 2. The molecular formula is C24H19BrCl2N4O2S. The summed E-state index contributed by atoms with van der Waals surface area (Å²) in [5, 5.41) is 12.6.